The first-order valence-electron chi connectivity index (χ1n) is 5.65. The fraction of sp³-hybridized carbons (Fsp3) is 0.455. The number of phenols is 1. The fourth-order valence-corrected chi connectivity index (χ4v) is 3.11. The van der Waals surface area contributed by atoms with E-state index in [-0.39, 0.29) is 10.6 Å². The van der Waals surface area contributed by atoms with Gasteiger partial charge in [-0.3, -0.25) is 0 Å². The molecule has 17 heavy (non-hydrogen) atoms. The average Bonchev–Trinajstić information content (AvgIpc) is 2.30. The van der Waals surface area contributed by atoms with Gasteiger partial charge in [0.15, 0.2) is 0 Å². The highest BCUT2D eigenvalue weighted by Gasteiger charge is 2.22. The monoisotopic (exact) mass is 256 g/mol. The minimum atomic E-state index is -3.66. The predicted octanol–water partition coefficient (Wildman–Crippen LogP) is 1.07. The normalized spacial score (nSPS) is 18.1. The van der Waals surface area contributed by atoms with Crippen molar-refractivity contribution in [1.82, 2.24) is 9.84 Å². The van der Waals surface area contributed by atoms with Gasteiger partial charge in [-0.25, -0.2) is 13.4 Å². The molecule has 0 aromatic heterocycles. The molecule has 0 saturated carbocycles. The van der Waals surface area contributed by atoms with E-state index in [1.807, 2.05) is 0 Å². The summed E-state index contributed by atoms with van der Waals surface area (Å²) < 4.78 is 24.0. The number of sulfonamides is 1. The van der Waals surface area contributed by atoms with Gasteiger partial charge >= 0.3 is 0 Å². The molecular weight excluding hydrogens is 240 g/mol. The number of hydrogen-bond acceptors (Lipinski definition) is 4. The van der Waals surface area contributed by atoms with E-state index in [4.69, 9.17) is 0 Å². The van der Waals surface area contributed by atoms with E-state index in [9.17, 15) is 13.5 Å². The van der Waals surface area contributed by atoms with Crippen molar-refractivity contribution < 1.29 is 13.5 Å². The van der Waals surface area contributed by atoms with E-state index in [1.165, 1.54) is 12.1 Å². The lowest BCUT2D eigenvalue weighted by atomic mass is 10.2. The minimum Gasteiger partial charge on any atom is -0.507 e. The summed E-state index contributed by atoms with van der Waals surface area (Å²) in [6.07, 6.45) is 3.11. The Labute approximate surface area is 101 Å². The van der Waals surface area contributed by atoms with E-state index < -0.39 is 10.0 Å². The average molecular weight is 256 g/mol. The third kappa shape index (κ3) is 2.96. The van der Waals surface area contributed by atoms with Crippen LogP contribution >= 0.6 is 0 Å². The number of phenolic OH excluding ortho intramolecular Hbond substituents is 1. The fourth-order valence-electron chi connectivity index (χ4n) is 1.89. The van der Waals surface area contributed by atoms with Gasteiger partial charge in [0.25, 0.3) is 10.0 Å². The molecule has 0 aliphatic carbocycles. The molecule has 1 aliphatic heterocycles. The number of rotatable bonds is 3. The lowest BCUT2D eigenvalue weighted by Gasteiger charge is -2.26. The first kappa shape index (κ1) is 12.3. The molecule has 0 unspecified atom stereocenters. The molecule has 1 saturated heterocycles. The van der Waals surface area contributed by atoms with E-state index in [1.54, 1.807) is 17.1 Å². The number of aromatic hydroxyl groups is 1. The molecule has 0 radical (unpaired) electrons. The SMILES string of the molecule is O=S(=O)(NN1CCCCC1)c1ccccc1O. The van der Waals surface area contributed by atoms with Crippen LogP contribution in [-0.4, -0.2) is 31.6 Å². The van der Waals surface area contributed by atoms with Crippen LogP contribution in [0.25, 0.3) is 0 Å². The standard InChI is InChI=1S/C11H16N2O3S/c14-10-6-2-3-7-11(10)17(15,16)12-13-8-4-1-5-9-13/h2-3,6-7,12,14H,1,4-5,8-9H2. The molecule has 2 rings (SSSR count). The van der Waals surface area contributed by atoms with E-state index in [0.717, 1.165) is 19.3 Å². The molecular formula is C11H16N2O3S. The van der Waals surface area contributed by atoms with Crippen LogP contribution in [0, 0.1) is 0 Å². The Hall–Kier alpha value is -1.11. The van der Waals surface area contributed by atoms with Gasteiger partial charge < -0.3 is 5.11 Å². The molecule has 2 N–H and O–H groups in total. The van der Waals surface area contributed by atoms with Crippen molar-refractivity contribution in [2.75, 3.05) is 13.1 Å². The minimum absolute atomic E-state index is 0.0782. The van der Waals surface area contributed by atoms with Crippen LogP contribution in [0.4, 0.5) is 0 Å². The highest BCUT2D eigenvalue weighted by Crippen LogP contribution is 2.21. The second-order valence-corrected chi connectivity index (χ2v) is 5.74. The van der Waals surface area contributed by atoms with Crippen molar-refractivity contribution >= 4 is 10.0 Å². The zero-order valence-electron chi connectivity index (χ0n) is 9.46. The summed E-state index contributed by atoms with van der Waals surface area (Å²) in [5.74, 6) is -0.225. The Morgan fingerprint density at radius 3 is 2.41 bits per heavy atom. The van der Waals surface area contributed by atoms with Crippen LogP contribution in [0.2, 0.25) is 0 Å². The van der Waals surface area contributed by atoms with Crippen LogP contribution in [0.15, 0.2) is 29.2 Å². The number of nitrogens with zero attached hydrogens (tertiary/aromatic N) is 1. The summed E-state index contributed by atoms with van der Waals surface area (Å²) in [5, 5.41) is 11.2. The van der Waals surface area contributed by atoms with E-state index >= 15 is 0 Å². The molecule has 1 aromatic rings. The molecule has 1 fully saturated rings. The molecule has 6 heteroatoms. The van der Waals surface area contributed by atoms with Gasteiger partial charge in [0, 0.05) is 13.1 Å². The van der Waals surface area contributed by atoms with Crippen LogP contribution < -0.4 is 4.83 Å². The number of piperidine rings is 1. The molecule has 0 spiro atoms. The van der Waals surface area contributed by atoms with Crippen molar-refractivity contribution in [3.63, 3.8) is 0 Å². The van der Waals surface area contributed by atoms with Crippen molar-refractivity contribution in [1.29, 1.82) is 0 Å². The largest absolute Gasteiger partial charge is 0.507 e. The molecule has 0 bridgehead atoms. The van der Waals surface area contributed by atoms with Gasteiger partial charge in [-0.15, -0.1) is 4.83 Å². The Morgan fingerprint density at radius 2 is 1.76 bits per heavy atom. The van der Waals surface area contributed by atoms with Crippen molar-refractivity contribution in [2.24, 2.45) is 0 Å². The molecule has 0 atom stereocenters. The van der Waals surface area contributed by atoms with Crippen LogP contribution in [0.3, 0.4) is 0 Å². The summed E-state index contributed by atoms with van der Waals surface area (Å²) in [5.41, 5.74) is 0. The van der Waals surface area contributed by atoms with Gasteiger partial charge in [-0.2, -0.15) is 0 Å². The highest BCUT2D eigenvalue weighted by atomic mass is 32.2. The zero-order valence-corrected chi connectivity index (χ0v) is 10.3. The maximum Gasteiger partial charge on any atom is 0.257 e. The van der Waals surface area contributed by atoms with Gasteiger partial charge in [-0.1, -0.05) is 18.6 Å². The van der Waals surface area contributed by atoms with Gasteiger partial charge in [0.05, 0.1) is 0 Å². The first-order chi connectivity index (χ1) is 8.09. The van der Waals surface area contributed by atoms with Gasteiger partial charge in [-0.05, 0) is 25.0 Å². The third-order valence-corrected chi connectivity index (χ3v) is 4.18. The number of para-hydroxylation sites is 1. The molecule has 1 aliphatic rings. The molecule has 5 nitrogen and oxygen atoms in total. The summed E-state index contributed by atoms with van der Waals surface area (Å²) >= 11 is 0. The predicted molar refractivity (Wildman–Crippen MR) is 63.9 cm³/mol. The molecule has 94 valence electrons. The van der Waals surface area contributed by atoms with E-state index in [0.29, 0.717) is 13.1 Å². The Bertz CT molecular complexity index is 481. The highest BCUT2D eigenvalue weighted by molar-refractivity contribution is 7.89. The summed E-state index contributed by atoms with van der Waals surface area (Å²) in [6.45, 7) is 1.43. The van der Waals surface area contributed by atoms with Crippen molar-refractivity contribution in [3.8, 4) is 5.75 Å². The van der Waals surface area contributed by atoms with Crippen LogP contribution in [0.5, 0.6) is 5.75 Å². The van der Waals surface area contributed by atoms with Gasteiger partial charge in [0.1, 0.15) is 10.6 Å². The molecule has 0 amide bonds. The van der Waals surface area contributed by atoms with Gasteiger partial charge in [0.2, 0.25) is 0 Å². The Kier molecular flexibility index (Phi) is 3.66. The second kappa shape index (κ2) is 5.03. The maximum absolute atomic E-state index is 12.0. The summed E-state index contributed by atoms with van der Waals surface area (Å²) in [7, 11) is -3.66. The lowest BCUT2D eigenvalue weighted by Crippen LogP contribution is -2.44. The van der Waals surface area contributed by atoms with Crippen LogP contribution in [-0.2, 0) is 10.0 Å². The molecule has 1 heterocycles. The topological polar surface area (TPSA) is 69.6 Å². The Morgan fingerprint density at radius 1 is 1.12 bits per heavy atom. The van der Waals surface area contributed by atoms with Crippen molar-refractivity contribution in [3.05, 3.63) is 24.3 Å². The lowest BCUT2D eigenvalue weighted by molar-refractivity contribution is 0.199. The number of nitrogens with one attached hydrogen (secondary N) is 1. The summed E-state index contributed by atoms with van der Waals surface area (Å²) in [4.78, 5) is 2.42. The van der Waals surface area contributed by atoms with Crippen molar-refractivity contribution in [2.45, 2.75) is 24.2 Å². The quantitative estimate of drug-likeness (QED) is 0.848. The molecule has 1 aromatic carbocycles. The van der Waals surface area contributed by atoms with E-state index in [2.05, 4.69) is 4.83 Å². The Balaban J connectivity index is 2.16. The smallest absolute Gasteiger partial charge is 0.257 e. The maximum atomic E-state index is 12.0. The summed E-state index contributed by atoms with van der Waals surface area (Å²) in [6, 6.07) is 5.94. The third-order valence-electron chi connectivity index (χ3n) is 2.76. The number of hydrazine groups is 1. The zero-order chi connectivity index (χ0) is 12.3. The first-order valence-corrected chi connectivity index (χ1v) is 7.13. The van der Waals surface area contributed by atoms with Crippen LogP contribution in [0.1, 0.15) is 19.3 Å². The number of hydrogen-bond donors (Lipinski definition) is 2. The second-order valence-electron chi connectivity index (χ2n) is 4.11. The number of benzene rings is 1.